The van der Waals surface area contributed by atoms with Crippen LogP contribution in [-0.2, 0) is 22.8 Å². The van der Waals surface area contributed by atoms with Gasteiger partial charge in [0.1, 0.15) is 5.75 Å². The minimum atomic E-state index is -4.80. The van der Waals surface area contributed by atoms with Crippen LogP contribution in [-0.4, -0.2) is 124 Å². The second kappa shape index (κ2) is 18.0. The van der Waals surface area contributed by atoms with Gasteiger partial charge in [0.25, 0.3) is 11.8 Å². The van der Waals surface area contributed by atoms with Gasteiger partial charge in [0.2, 0.25) is 5.91 Å². The molecule has 0 bridgehead atoms. The third-order valence-electron chi connectivity index (χ3n) is 10.7. The third-order valence-corrected chi connectivity index (χ3v) is 11.0. The molecule has 2 aliphatic heterocycles. The number of ether oxygens (including phenoxy) is 1. The number of benzene rings is 2. The van der Waals surface area contributed by atoms with Crippen molar-refractivity contribution < 1.29 is 47.1 Å². The number of carbonyl (C=O) groups is 4. The Morgan fingerprint density at radius 1 is 1.07 bits per heavy atom. The van der Waals surface area contributed by atoms with Gasteiger partial charge in [0, 0.05) is 76.5 Å². The number of halogens is 4. The van der Waals surface area contributed by atoms with Gasteiger partial charge in [-0.1, -0.05) is 18.5 Å². The van der Waals surface area contributed by atoms with Crippen LogP contribution in [0.2, 0.25) is 5.02 Å². The van der Waals surface area contributed by atoms with E-state index < -0.39 is 23.7 Å². The summed E-state index contributed by atoms with van der Waals surface area (Å²) >= 11 is 6.54. The van der Waals surface area contributed by atoms with Crippen LogP contribution in [0.5, 0.6) is 5.75 Å². The molecule has 0 saturated carbocycles. The van der Waals surface area contributed by atoms with Crippen LogP contribution in [0.25, 0.3) is 16.9 Å². The molecule has 4 N–H and O–H groups in total. The fourth-order valence-corrected chi connectivity index (χ4v) is 7.54. The van der Waals surface area contributed by atoms with Gasteiger partial charge in [-0.05, 0) is 48.9 Å². The number of nitrogens with zero attached hydrogens (tertiary/aromatic N) is 6. The number of aliphatic carboxylic acids is 1. The van der Waals surface area contributed by atoms with Crippen LogP contribution in [0, 0.1) is 11.8 Å². The number of alkyl halides is 3. The van der Waals surface area contributed by atoms with E-state index in [1.54, 1.807) is 34.1 Å². The number of nitrogens with one attached hydrogen (secondary N) is 3. The van der Waals surface area contributed by atoms with Gasteiger partial charge in [0.15, 0.2) is 18.1 Å². The van der Waals surface area contributed by atoms with Gasteiger partial charge in [-0.3, -0.25) is 14.4 Å². The number of rotatable bonds is 15. The van der Waals surface area contributed by atoms with E-state index in [2.05, 4.69) is 20.7 Å². The molecular weight excluding hydrogens is 783 g/mol. The molecule has 2 fully saturated rings. The molecule has 6 rings (SSSR count). The zero-order chi connectivity index (χ0) is 41.7. The number of hydrogen-bond donors (Lipinski definition) is 4. The predicted molar refractivity (Wildman–Crippen MR) is 207 cm³/mol. The van der Waals surface area contributed by atoms with Crippen LogP contribution in [0.4, 0.5) is 18.9 Å². The van der Waals surface area contributed by atoms with Crippen molar-refractivity contribution in [1.29, 1.82) is 0 Å². The quantitative estimate of drug-likeness (QED) is 0.141. The third kappa shape index (κ3) is 9.62. The number of carboxylic acids is 1. The monoisotopic (exact) mass is 828 g/mol. The predicted octanol–water partition coefficient (Wildman–Crippen LogP) is 3.10. The van der Waals surface area contributed by atoms with Crippen molar-refractivity contribution in [2.45, 2.75) is 25.9 Å². The van der Waals surface area contributed by atoms with E-state index in [1.165, 1.54) is 43.1 Å². The molecule has 4 aromatic rings. The highest BCUT2D eigenvalue weighted by molar-refractivity contribution is 6.34. The van der Waals surface area contributed by atoms with Gasteiger partial charge in [-0.2, -0.15) is 18.3 Å². The molecule has 0 radical (unpaired) electrons. The largest absolute Gasteiger partial charge is 0.497 e. The maximum Gasteiger partial charge on any atom is 0.435 e. The molecule has 310 valence electrons. The molecule has 4 heterocycles. The number of piperazine rings is 1. The fraction of sp³-hybridized carbons (Fsp3) is 0.436. The first kappa shape index (κ1) is 42.2. The molecule has 3 amide bonds. The highest BCUT2D eigenvalue weighted by Crippen LogP contribution is 2.37. The Morgan fingerprint density at radius 3 is 2.34 bits per heavy atom. The van der Waals surface area contributed by atoms with E-state index in [0.29, 0.717) is 49.8 Å². The molecule has 2 atom stereocenters. The summed E-state index contributed by atoms with van der Waals surface area (Å²) in [5.74, 6) is -1.39. The van der Waals surface area contributed by atoms with Gasteiger partial charge in [-0.15, -0.1) is 0 Å². The second-order valence-electron chi connectivity index (χ2n) is 14.5. The average molecular weight is 829 g/mol. The lowest BCUT2D eigenvalue weighted by atomic mass is 9.98. The van der Waals surface area contributed by atoms with E-state index in [0.717, 1.165) is 35.4 Å². The summed E-state index contributed by atoms with van der Waals surface area (Å²) in [5.41, 5.74) is -0.643. The molecule has 2 saturated heterocycles. The standard InChI is InChI=1S/C39H45ClF3N9O6/c1-4-25(11-12-49(23-33(53)54)21-24-18-44-19-24)37(56)50-13-15-51(16-14-50)38(57)29-10-5-26(17-31(29)40)46-36(55)35-45-20-32(48(35)2)30-22-52(47-34(30)39(41,42)43)27-6-8-28(58-3)9-7-27/h5-10,17,20,22,24-25,44H,4,11-16,18-19,21,23H2,1-3H3,(H,46,55)(H,53,54)/p+1. The summed E-state index contributed by atoms with van der Waals surface area (Å²) in [6.07, 6.45) is -1.22. The lowest BCUT2D eigenvalue weighted by Gasteiger charge is -2.37. The molecule has 2 unspecified atom stereocenters. The van der Waals surface area contributed by atoms with Gasteiger partial charge >= 0.3 is 12.1 Å². The van der Waals surface area contributed by atoms with Crippen molar-refractivity contribution in [3.8, 4) is 22.7 Å². The topological polar surface area (TPSA) is 168 Å². The van der Waals surface area contributed by atoms with Crippen molar-refractivity contribution in [2.24, 2.45) is 18.9 Å². The van der Waals surface area contributed by atoms with Crippen molar-refractivity contribution in [3.63, 3.8) is 0 Å². The normalized spacial score (nSPS) is 15.8. The maximum atomic E-state index is 14.1. The minimum absolute atomic E-state index is 0.00281. The van der Waals surface area contributed by atoms with Crippen molar-refractivity contribution >= 4 is 41.0 Å². The maximum absolute atomic E-state index is 14.1. The molecular formula is C39H46ClF3N9O6+. The van der Waals surface area contributed by atoms with E-state index in [-0.39, 0.29) is 70.7 Å². The molecule has 58 heavy (non-hydrogen) atoms. The zero-order valence-electron chi connectivity index (χ0n) is 32.3. The van der Waals surface area contributed by atoms with Gasteiger partial charge in [-0.25, -0.2) is 14.5 Å². The Hall–Kier alpha value is -5.46. The number of aromatic nitrogens is 4. The van der Waals surface area contributed by atoms with Crippen molar-refractivity contribution in [2.75, 3.05) is 71.3 Å². The molecule has 0 aliphatic carbocycles. The Kier molecular flexibility index (Phi) is 13.1. The smallest absolute Gasteiger partial charge is 0.435 e. The molecule has 19 heteroatoms. The van der Waals surface area contributed by atoms with Crippen molar-refractivity contribution in [3.05, 3.63) is 77.0 Å². The Balaban J connectivity index is 1.06. The summed E-state index contributed by atoms with van der Waals surface area (Å²) in [5, 5.41) is 19.1. The number of amides is 3. The Morgan fingerprint density at radius 2 is 1.76 bits per heavy atom. The number of anilines is 1. The van der Waals surface area contributed by atoms with E-state index in [1.807, 2.05) is 6.92 Å². The Bertz CT molecular complexity index is 2130. The van der Waals surface area contributed by atoms with Crippen molar-refractivity contribution in [1.82, 2.24) is 34.4 Å². The average Bonchev–Trinajstić information content (AvgIpc) is 3.80. The van der Waals surface area contributed by atoms with Crippen LogP contribution >= 0.6 is 11.6 Å². The number of quaternary nitrogens is 1. The molecule has 2 aromatic carbocycles. The highest BCUT2D eigenvalue weighted by atomic mass is 35.5. The molecule has 15 nitrogen and oxygen atoms in total. The van der Waals surface area contributed by atoms with E-state index in [4.69, 9.17) is 16.3 Å². The molecule has 2 aromatic heterocycles. The number of carboxylic acid groups (broad SMARTS) is 1. The number of carbonyl (C=O) groups excluding carboxylic acids is 3. The first-order valence-electron chi connectivity index (χ1n) is 18.9. The first-order valence-corrected chi connectivity index (χ1v) is 19.3. The fourth-order valence-electron chi connectivity index (χ4n) is 7.28. The van der Waals surface area contributed by atoms with Gasteiger partial charge in [0.05, 0.1) is 53.9 Å². The zero-order valence-corrected chi connectivity index (χ0v) is 33.1. The minimum Gasteiger partial charge on any atom is -0.497 e. The van der Waals surface area contributed by atoms with E-state index in [9.17, 15) is 37.5 Å². The van der Waals surface area contributed by atoms with Crippen LogP contribution < -0.4 is 20.3 Å². The van der Waals surface area contributed by atoms with Crippen LogP contribution in [0.15, 0.2) is 54.9 Å². The molecule has 0 spiro atoms. The van der Waals surface area contributed by atoms with E-state index >= 15 is 0 Å². The van der Waals surface area contributed by atoms with Crippen LogP contribution in [0.1, 0.15) is 46.4 Å². The summed E-state index contributed by atoms with van der Waals surface area (Å²) in [6, 6.07) is 10.7. The number of methoxy groups -OCH3 is 1. The SMILES string of the molecule is CCC(CC[NH+](CC(=O)O)CC1CNC1)C(=O)N1CCN(C(=O)c2ccc(NC(=O)c3ncc(-c4cn(-c5ccc(OC)cc5)nc4C(F)(F)F)n3C)cc2Cl)CC1. The lowest BCUT2D eigenvalue weighted by molar-refractivity contribution is -0.897. The summed E-state index contributed by atoms with van der Waals surface area (Å²) in [7, 11) is 2.89. The highest BCUT2D eigenvalue weighted by Gasteiger charge is 2.39. The first-order chi connectivity index (χ1) is 27.7. The number of hydrogen-bond acceptors (Lipinski definition) is 8. The second-order valence-corrected chi connectivity index (χ2v) is 14.9. The summed E-state index contributed by atoms with van der Waals surface area (Å²) in [4.78, 5) is 60.2. The lowest BCUT2D eigenvalue weighted by Crippen LogP contribution is -3.14. The number of imidazole rings is 1. The van der Waals surface area contributed by atoms with Gasteiger partial charge < -0.3 is 39.7 Å². The molecule has 2 aliphatic rings. The summed E-state index contributed by atoms with van der Waals surface area (Å²) < 4.78 is 49.9. The van der Waals surface area contributed by atoms with Crippen LogP contribution in [0.3, 0.4) is 0 Å². The summed E-state index contributed by atoms with van der Waals surface area (Å²) in [6.45, 7) is 6.31. The Labute approximate surface area is 337 Å².